The lowest BCUT2D eigenvalue weighted by molar-refractivity contribution is -0.125. The summed E-state index contributed by atoms with van der Waals surface area (Å²) < 4.78 is 6.71. The summed E-state index contributed by atoms with van der Waals surface area (Å²) in [6.45, 7) is 1.41. The molecular weight excluding hydrogens is 398 g/mol. The molecule has 1 aromatic heterocycles. The van der Waals surface area contributed by atoms with E-state index >= 15 is 0 Å². The van der Waals surface area contributed by atoms with Gasteiger partial charge in [-0.3, -0.25) is 14.4 Å². The Hall–Kier alpha value is -4.14. The molecule has 3 amide bonds. The number of aromatic nitrogens is 2. The van der Waals surface area contributed by atoms with Crippen molar-refractivity contribution in [1.82, 2.24) is 9.78 Å². The van der Waals surface area contributed by atoms with Crippen LogP contribution >= 0.6 is 0 Å². The maximum atomic E-state index is 13.0. The molecule has 1 atom stereocenters. The van der Waals surface area contributed by atoms with E-state index in [4.69, 9.17) is 4.74 Å². The van der Waals surface area contributed by atoms with Gasteiger partial charge in [-0.05, 0) is 35.9 Å². The standard InChI is InChI=1S/C22H21N5O4/c1-13(28)24-15-4-3-5-16(10-15)25-22(30)19-11-20(29)26-21-18(12-23-27(19)21)14-6-8-17(31-2)9-7-14/h3-10,12,19H,11H2,1-2H3,(H,24,28)(H,25,30)(H,26,29)/t19-/m0/s1. The van der Waals surface area contributed by atoms with E-state index in [-0.39, 0.29) is 24.1 Å². The third kappa shape index (κ3) is 4.25. The fourth-order valence-electron chi connectivity index (χ4n) is 3.46. The molecule has 3 N–H and O–H groups in total. The summed E-state index contributed by atoms with van der Waals surface area (Å²) in [4.78, 5) is 36.6. The topological polar surface area (TPSA) is 114 Å². The Morgan fingerprint density at radius 1 is 1.13 bits per heavy atom. The van der Waals surface area contributed by atoms with Gasteiger partial charge in [-0.15, -0.1) is 0 Å². The molecule has 4 rings (SSSR count). The molecule has 2 heterocycles. The van der Waals surface area contributed by atoms with Crippen molar-refractivity contribution in [3.8, 4) is 16.9 Å². The summed E-state index contributed by atoms with van der Waals surface area (Å²) in [7, 11) is 1.59. The van der Waals surface area contributed by atoms with Crippen molar-refractivity contribution < 1.29 is 19.1 Å². The Labute approximate surface area is 178 Å². The Morgan fingerprint density at radius 3 is 2.52 bits per heavy atom. The molecule has 0 unspecified atom stereocenters. The molecule has 0 radical (unpaired) electrons. The number of rotatable bonds is 5. The van der Waals surface area contributed by atoms with Crippen LogP contribution in [-0.4, -0.2) is 34.6 Å². The molecule has 158 valence electrons. The first-order chi connectivity index (χ1) is 14.9. The maximum absolute atomic E-state index is 13.0. The smallest absolute Gasteiger partial charge is 0.249 e. The SMILES string of the molecule is COc1ccc(-c2cnn3c2NC(=O)C[C@H]3C(=O)Nc2cccc(NC(C)=O)c2)cc1. The van der Waals surface area contributed by atoms with E-state index in [0.29, 0.717) is 28.5 Å². The number of hydrogen-bond donors (Lipinski definition) is 3. The first-order valence-electron chi connectivity index (χ1n) is 9.65. The number of fused-ring (bicyclic) bond motifs is 1. The van der Waals surface area contributed by atoms with Crippen molar-refractivity contribution in [3.05, 3.63) is 54.7 Å². The summed E-state index contributed by atoms with van der Waals surface area (Å²) in [5, 5.41) is 12.7. The van der Waals surface area contributed by atoms with Gasteiger partial charge in [0.25, 0.3) is 0 Å². The van der Waals surface area contributed by atoms with Crippen LogP contribution in [0.1, 0.15) is 19.4 Å². The molecule has 0 saturated heterocycles. The minimum absolute atomic E-state index is 0.0338. The van der Waals surface area contributed by atoms with Crippen LogP contribution in [-0.2, 0) is 14.4 Å². The fraction of sp³-hybridized carbons (Fsp3) is 0.182. The number of nitrogens with one attached hydrogen (secondary N) is 3. The number of benzene rings is 2. The summed E-state index contributed by atoms with van der Waals surface area (Å²) >= 11 is 0. The van der Waals surface area contributed by atoms with Gasteiger partial charge in [-0.2, -0.15) is 5.10 Å². The highest BCUT2D eigenvalue weighted by molar-refractivity contribution is 6.03. The average Bonchev–Trinajstić information content (AvgIpc) is 3.16. The Kier molecular flexibility index (Phi) is 5.40. The van der Waals surface area contributed by atoms with Gasteiger partial charge in [-0.25, -0.2) is 4.68 Å². The van der Waals surface area contributed by atoms with E-state index in [2.05, 4.69) is 21.0 Å². The molecule has 9 heteroatoms. The Bertz CT molecular complexity index is 1150. The van der Waals surface area contributed by atoms with Crippen molar-refractivity contribution in [3.63, 3.8) is 0 Å². The minimum atomic E-state index is -0.805. The second kappa shape index (κ2) is 8.31. The van der Waals surface area contributed by atoms with E-state index in [1.54, 1.807) is 37.6 Å². The van der Waals surface area contributed by atoms with Crippen LogP contribution in [0, 0.1) is 0 Å². The third-order valence-electron chi connectivity index (χ3n) is 4.88. The molecule has 1 aliphatic rings. The van der Waals surface area contributed by atoms with Crippen LogP contribution in [0.5, 0.6) is 5.75 Å². The maximum Gasteiger partial charge on any atom is 0.249 e. The van der Waals surface area contributed by atoms with Gasteiger partial charge in [0, 0.05) is 23.9 Å². The molecule has 1 aliphatic heterocycles. The van der Waals surface area contributed by atoms with Crippen LogP contribution in [0.15, 0.2) is 54.7 Å². The molecule has 9 nitrogen and oxygen atoms in total. The van der Waals surface area contributed by atoms with Crippen molar-refractivity contribution in [2.24, 2.45) is 0 Å². The van der Waals surface area contributed by atoms with Gasteiger partial charge < -0.3 is 20.7 Å². The zero-order valence-electron chi connectivity index (χ0n) is 17.0. The lowest BCUT2D eigenvalue weighted by Gasteiger charge is -2.24. The first-order valence-corrected chi connectivity index (χ1v) is 9.65. The van der Waals surface area contributed by atoms with Gasteiger partial charge in [0.05, 0.1) is 19.7 Å². The summed E-state index contributed by atoms with van der Waals surface area (Å²) in [5.74, 6) is 0.330. The molecule has 0 aliphatic carbocycles. The molecule has 0 fully saturated rings. The third-order valence-corrected chi connectivity index (χ3v) is 4.88. The van der Waals surface area contributed by atoms with Gasteiger partial charge in [0.2, 0.25) is 17.7 Å². The fourth-order valence-corrected chi connectivity index (χ4v) is 3.46. The average molecular weight is 419 g/mol. The largest absolute Gasteiger partial charge is 0.497 e. The van der Waals surface area contributed by atoms with Gasteiger partial charge in [0.1, 0.15) is 17.6 Å². The molecule has 0 spiro atoms. The van der Waals surface area contributed by atoms with Crippen LogP contribution in [0.2, 0.25) is 0 Å². The predicted molar refractivity (Wildman–Crippen MR) is 116 cm³/mol. The van der Waals surface area contributed by atoms with E-state index < -0.39 is 6.04 Å². The van der Waals surface area contributed by atoms with Gasteiger partial charge in [0.15, 0.2) is 0 Å². The van der Waals surface area contributed by atoms with E-state index in [0.717, 1.165) is 5.56 Å². The van der Waals surface area contributed by atoms with Gasteiger partial charge >= 0.3 is 0 Å². The first kappa shape index (κ1) is 20.1. The molecule has 0 bridgehead atoms. The van der Waals surface area contributed by atoms with E-state index in [1.165, 1.54) is 11.6 Å². The Morgan fingerprint density at radius 2 is 1.84 bits per heavy atom. The molecular formula is C22H21N5O4. The van der Waals surface area contributed by atoms with Crippen LogP contribution in [0.3, 0.4) is 0 Å². The number of anilines is 3. The predicted octanol–water partition coefficient (Wildman–Crippen LogP) is 3.04. The number of carbonyl (C=O) groups is 3. The van der Waals surface area contributed by atoms with Crippen molar-refractivity contribution in [2.45, 2.75) is 19.4 Å². The van der Waals surface area contributed by atoms with Crippen LogP contribution in [0.25, 0.3) is 11.1 Å². The molecule has 2 aromatic carbocycles. The lowest BCUT2D eigenvalue weighted by Crippen LogP contribution is -2.35. The lowest BCUT2D eigenvalue weighted by atomic mass is 10.1. The van der Waals surface area contributed by atoms with Crippen molar-refractivity contribution in [2.75, 3.05) is 23.1 Å². The van der Waals surface area contributed by atoms with E-state index in [9.17, 15) is 14.4 Å². The Balaban J connectivity index is 1.59. The monoisotopic (exact) mass is 419 g/mol. The number of hydrogen-bond acceptors (Lipinski definition) is 5. The van der Waals surface area contributed by atoms with Crippen LogP contribution in [0.4, 0.5) is 17.2 Å². The summed E-state index contributed by atoms with van der Waals surface area (Å²) in [6.07, 6.45) is 1.59. The molecule has 3 aromatic rings. The second-order valence-corrected chi connectivity index (χ2v) is 7.10. The minimum Gasteiger partial charge on any atom is -0.497 e. The molecule has 31 heavy (non-hydrogen) atoms. The number of nitrogens with zero attached hydrogens (tertiary/aromatic N) is 2. The van der Waals surface area contributed by atoms with Gasteiger partial charge in [-0.1, -0.05) is 18.2 Å². The second-order valence-electron chi connectivity index (χ2n) is 7.10. The number of ether oxygens (including phenoxy) is 1. The highest BCUT2D eigenvalue weighted by atomic mass is 16.5. The van der Waals surface area contributed by atoms with Crippen molar-refractivity contribution >= 4 is 34.9 Å². The number of amides is 3. The highest BCUT2D eigenvalue weighted by Crippen LogP contribution is 2.35. The normalized spacial score (nSPS) is 14.9. The number of methoxy groups -OCH3 is 1. The summed E-state index contributed by atoms with van der Waals surface area (Å²) in [5.41, 5.74) is 2.62. The quantitative estimate of drug-likeness (QED) is 0.588. The van der Waals surface area contributed by atoms with Crippen molar-refractivity contribution in [1.29, 1.82) is 0 Å². The summed E-state index contributed by atoms with van der Waals surface area (Å²) in [6, 6.07) is 13.3. The molecule has 0 saturated carbocycles. The number of carbonyl (C=O) groups excluding carboxylic acids is 3. The zero-order chi connectivity index (χ0) is 22.0. The van der Waals surface area contributed by atoms with Crippen LogP contribution < -0.4 is 20.7 Å². The zero-order valence-corrected chi connectivity index (χ0v) is 17.0. The highest BCUT2D eigenvalue weighted by Gasteiger charge is 2.33. The van der Waals surface area contributed by atoms with E-state index in [1.807, 2.05) is 24.3 Å².